The molecule has 0 bridgehead atoms. The van der Waals surface area contributed by atoms with Crippen LogP contribution in [-0.2, 0) is 9.59 Å². The van der Waals surface area contributed by atoms with Gasteiger partial charge in [-0.1, -0.05) is 42.0 Å². The van der Waals surface area contributed by atoms with E-state index in [9.17, 15) is 14.4 Å². The fraction of sp³-hybridized carbons (Fsp3) is 0.316. The van der Waals surface area contributed by atoms with E-state index in [0.717, 1.165) is 41.5 Å². The Labute approximate surface area is 161 Å². The van der Waals surface area contributed by atoms with Crippen molar-refractivity contribution in [2.45, 2.75) is 19.3 Å². The lowest BCUT2D eigenvalue weighted by Crippen LogP contribution is -2.44. The molecule has 0 N–H and O–H groups in total. The van der Waals surface area contributed by atoms with Gasteiger partial charge in [-0.25, -0.2) is 0 Å². The van der Waals surface area contributed by atoms with Gasteiger partial charge in [-0.2, -0.15) is 0 Å². The van der Waals surface area contributed by atoms with Gasteiger partial charge in [0.2, 0.25) is 5.91 Å². The predicted octanol–water partition coefficient (Wildman–Crippen LogP) is 3.95. The number of amides is 3. The Balaban J connectivity index is 1.64. The minimum absolute atomic E-state index is 0.167. The second-order valence-electron chi connectivity index (χ2n) is 6.11. The summed E-state index contributed by atoms with van der Waals surface area (Å²) in [5.74, 6) is -0.589. The minimum atomic E-state index is -0.422. The topological polar surface area (TPSA) is 57.7 Å². The lowest BCUT2D eigenvalue weighted by atomic mass is 10.1. The van der Waals surface area contributed by atoms with Gasteiger partial charge in [0.25, 0.3) is 11.1 Å². The van der Waals surface area contributed by atoms with Gasteiger partial charge >= 0.3 is 0 Å². The van der Waals surface area contributed by atoms with E-state index in [4.69, 9.17) is 11.6 Å². The van der Waals surface area contributed by atoms with Crippen LogP contribution in [-0.4, -0.2) is 46.5 Å². The highest BCUT2D eigenvalue weighted by atomic mass is 35.5. The van der Waals surface area contributed by atoms with Crippen LogP contribution in [0.1, 0.15) is 24.8 Å². The molecule has 26 heavy (non-hydrogen) atoms. The molecule has 1 aromatic carbocycles. The molecule has 0 aliphatic carbocycles. The van der Waals surface area contributed by atoms with Crippen molar-refractivity contribution in [3.05, 3.63) is 51.9 Å². The van der Waals surface area contributed by atoms with E-state index < -0.39 is 11.1 Å². The molecule has 2 saturated heterocycles. The molecular weight excluding hydrogens is 372 g/mol. The maximum atomic E-state index is 12.4. The van der Waals surface area contributed by atoms with E-state index in [0.29, 0.717) is 23.0 Å². The molecule has 3 amide bonds. The zero-order chi connectivity index (χ0) is 18.5. The third-order valence-electron chi connectivity index (χ3n) is 4.30. The third-order valence-corrected chi connectivity index (χ3v) is 5.57. The zero-order valence-corrected chi connectivity index (χ0v) is 15.8. The summed E-state index contributed by atoms with van der Waals surface area (Å²) in [5.41, 5.74) is 0.824. The number of hydrogen-bond donors (Lipinski definition) is 0. The molecule has 0 aromatic heterocycles. The monoisotopic (exact) mass is 390 g/mol. The smallest absolute Gasteiger partial charge is 0.294 e. The van der Waals surface area contributed by atoms with Crippen LogP contribution in [0.5, 0.6) is 0 Å². The molecule has 7 heteroatoms. The molecule has 1 aromatic rings. The molecule has 0 unspecified atom stereocenters. The predicted molar refractivity (Wildman–Crippen MR) is 104 cm³/mol. The molecule has 2 fully saturated rings. The molecule has 0 saturated carbocycles. The highest BCUT2D eigenvalue weighted by molar-refractivity contribution is 8.18. The molecule has 2 aliphatic rings. The van der Waals surface area contributed by atoms with Crippen molar-refractivity contribution in [3.63, 3.8) is 0 Å². The van der Waals surface area contributed by atoms with E-state index in [2.05, 4.69) is 0 Å². The van der Waals surface area contributed by atoms with Crippen LogP contribution in [0.4, 0.5) is 4.79 Å². The highest BCUT2D eigenvalue weighted by Gasteiger charge is 2.36. The minimum Gasteiger partial charge on any atom is -0.341 e. The average molecular weight is 391 g/mol. The van der Waals surface area contributed by atoms with Gasteiger partial charge in [-0.05, 0) is 48.7 Å². The molecule has 5 nitrogen and oxygen atoms in total. The number of imide groups is 1. The number of likely N-dealkylation sites (tertiary alicyclic amines) is 1. The third kappa shape index (κ3) is 4.37. The fourth-order valence-electron chi connectivity index (χ4n) is 2.88. The summed E-state index contributed by atoms with van der Waals surface area (Å²) in [7, 11) is 0. The molecule has 2 heterocycles. The van der Waals surface area contributed by atoms with Gasteiger partial charge in [0, 0.05) is 18.1 Å². The number of nitrogens with zero attached hydrogens (tertiary/aromatic N) is 2. The zero-order valence-electron chi connectivity index (χ0n) is 14.2. The largest absolute Gasteiger partial charge is 0.341 e. The van der Waals surface area contributed by atoms with E-state index in [-0.39, 0.29) is 12.5 Å². The van der Waals surface area contributed by atoms with Crippen molar-refractivity contribution in [1.29, 1.82) is 0 Å². The molecule has 3 rings (SSSR count). The van der Waals surface area contributed by atoms with Crippen LogP contribution in [0.3, 0.4) is 0 Å². The summed E-state index contributed by atoms with van der Waals surface area (Å²) >= 11 is 6.93. The van der Waals surface area contributed by atoms with Crippen LogP contribution in [0.15, 0.2) is 41.3 Å². The average Bonchev–Trinajstić information content (AvgIpc) is 2.91. The molecule has 0 radical (unpaired) electrons. The maximum Gasteiger partial charge on any atom is 0.294 e. The van der Waals surface area contributed by atoms with E-state index >= 15 is 0 Å². The van der Waals surface area contributed by atoms with Crippen LogP contribution in [0.2, 0.25) is 5.02 Å². The second kappa shape index (κ2) is 8.56. The van der Waals surface area contributed by atoms with Crippen molar-refractivity contribution in [2.75, 3.05) is 19.6 Å². The van der Waals surface area contributed by atoms with Gasteiger partial charge in [0.05, 0.1) is 4.91 Å². The van der Waals surface area contributed by atoms with Crippen LogP contribution in [0.25, 0.3) is 6.08 Å². The summed E-state index contributed by atoms with van der Waals surface area (Å²) < 4.78 is 0. The number of allylic oxidation sites excluding steroid dienone is 2. The lowest BCUT2D eigenvalue weighted by molar-refractivity contribution is -0.136. The Kier molecular flexibility index (Phi) is 6.16. The lowest BCUT2D eigenvalue weighted by Gasteiger charge is -2.27. The number of hydrogen-bond acceptors (Lipinski definition) is 4. The van der Waals surface area contributed by atoms with Gasteiger partial charge in [0.15, 0.2) is 0 Å². The van der Waals surface area contributed by atoms with Crippen LogP contribution >= 0.6 is 23.4 Å². The van der Waals surface area contributed by atoms with Crippen molar-refractivity contribution >= 4 is 46.5 Å². The van der Waals surface area contributed by atoms with Gasteiger partial charge < -0.3 is 4.90 Å². The van der Waals surface area contributed by atoms with Crippen molar-refractivity contribution in [3.8, 4) is 0 Å². The Morgan fingerprint density at radius 3 is 2.62 bits per heavy atom. The summed E-state index contributed by atoms with van der Waals surface area (Å²) in [6, 6.07) is 7.34. The summed E-state index contributed by atoms with van der Waals surface area (Å²) in [4.78, 5) is 39.9. The summed E-state index contributed by atoms with van der Waals surface area (Å²) in [6.45, 7) is 1.22. The SMILES string of the molecule is O=C(CN1C(=O)S/C(=C\C=C\c2ccccc2Cl)C1=O)N1CCCCC1. The quantitative estimate of drug-likeness (QED) is 0.730. The maximum absolute atomic E-state index is 12.4. The number of thioether (sulfide) groups is 1. The molecule has 0 spiro atoms. The van der Waals surface area contributed by atoms with E-state index in [1.807, 2.05) is 18.2 Å². The van der Waals surface area contributed by atoms with Gasteiger partial charge in [-0.3, -0.25) is 19.3 Å². The van der Waals surface area contributed by atoms with Crippen LogP contribution in [0, 0.1) is 0 Å². The Morgan fingerprint density at radius 2 is 1.88 bits per heavy atom. The normalized spacial score (nSPS) is 19.8. The summed E-state index contributed by atoms with van der Waals surface area (Å²) in [6.07, 6.45) is 8.10. The van der Waals surface area contributed by atoms with Crippen molar-refractivity contribution in [2.24, 2.45) is 0 Å². The van der Waals surface area contributed by atoms with Gasteiger partial charge in [0.1, 0.15) is 6.54 Å². The molecule has 136 valence electrons. The second-order valence-corrected chi connectivity index (χ2v) is 7.51. The molecule has 2 aliphatic heterocycles. The number of carbonyl (C=O) groups excluding carboxylic acids is 3. The number of carbonyl (C=O) groups is 3. The Morgan fingerprint density at radius 1 is 1.15 bits per heavy atom. The van der Waals surface area contributed by atoms with Crippen molar-refractivity contribution in [1.82, 2.24) is 9.80 Å². The van der Waals surface area contributed by atoms with E-state index in [1.165, 1.54) is 0 Å². The first kappa shape index (κ1) is 18.7. The number of benzene rings is 1. The number of piperidine rings is 1. The highest BCUT2D eigenvalue weighted by Crippen LogP contribution is 2.30. The van der Waals surface area contributed by atoms with Gasteiger partial charge in [-0.15, -0.1) is 0 Å². The fourth-order valence-corrected chi connectivity index (χ4v) is 3.87. The first-order valence-corrected chi connectivity index (χ1v) is 9.70. The first-order valence-electron chi connectivity index (χ1n) is 8.50. The van der Waals surface area contributed by atoms with Crippen LogP contribution < -0.4 is 0 Å². The molecular formula is C19H19ClN2O3S. The number of halogens is 1. The number of rotatable bonds is 4. The van der Waals surface area contributed by atoms with Crippen molar-refractivity contribution < 1.29 is 14.4 Å². The molecule has 0 atom stereocenters. The summed E-state index contributed by atoms with van der Waals surface area (Å²) in [5, 5.41) is 0.204. The standard InChI is InChI=1S/C19H19ClN2O3S/c20-15-9-3-2-7-14(15)8-6-10-16-18(24)22(19(25)26-16)13-17(23)21-11-4-1-5-12-21/h2-3,6-10H,1,4-5,11-13H2/b8-6+,16-10-. The first-order chi connectivity index (χ1) is 12.6. The van der Waals surface area contributed by atoms with E-state index in [1.54, 1.807) is 29.2 Å². The Bertz CT molecular complexity index is 785. The Hall–Kier alpha value is -2.05.